The van der Waals surface area contributed by atoms with Crippen molar-refractivity contribution in [3.05, 3.63) is 36.0 Å². The second-order valence-electron chi connectivity index (χ2n) is 7.89. The predicted molar refractivity (Wildman–Crippen MR) is 96.6 cm³/mol. The molecule has 132 valence electrons. The highest BCUT2D eigenvalue weighted by Crippen LogP contribution is 2.37. The maximum Gasteiger partial charge on any atom is 0.252 e. The first-order chi connectivity index (χ1) is 12.2. The summed E-state index contributed by atoms with van der Waals surface area (Å²) < 4.78 is 8.11. The van der Waals surface area contributed by atoms with E-state index in [4.69, 9.17) is 4.74 Å². The Morgan fingerprint density at radius 3 is 2.96 bits per heavy atom. The first-order valence-corrected chi connectivity index (χ1v) is 9.39. The monoisotopic (exact) mass is 339 g/mol. The molecule has 3 atom stereocenters. The Labute approximate surface area is 147 Å². The number of ether oxygens (including phenoxy) is 1. The molecule has 0 radical (unpaired) electrons. The Hall–Kier alpha value is -1.85. The summed E-state index contributed by atoms with van der Waals surface area (Å²) in [6.45, 7) is 2.81. The summed E-state index contributed by atoms with van der Waals surface area (Å²) >= 11 is 0. The quantitative estimate of drug-likeness (QED) is 0.932. The van der Waals surface area contributed by atoms with Gasteiger partial charge >= 0.3 is 0 Å². The third kappa shape index (κ3) is 2.75. The molecule has 5 heteroatoms. The molecule has 1 aliphatic carbocycles. The number of aryl methyl sites for hydroxylation is 1. The normalized spacial score (nSPS) is 29.7. The predicted octanol–water partition coefficient (Wildman–Crippen LogP) is 2.16. The van der Waals surface area contributed by atoms with Crippen LogP contribution in [0.15, 0.2) is 30.5 Å². The average Bonchev–Trinajstić information content (AvgIpc) is 3.29. The van der Waals surface area contributed by atoms with E-state index in [1.165, 1.54) is 12.8 Å². The van der Waals surface area contributed by atoms with Crippen molar-refractivity contribution in [3.63, 3.8) is 0 Å². The maximum absolute atomic E-state index is 12.8. The van der Waals surface area contributed by atoms with E-state index in [9.17, 15) is 4.79 Å². The van der Waals surface area contributed by atoms with Gasteiger partial charge in [-0.15, -0.1) is 0 Å². The van der Waals surface area contributed by atoms with Gasteiger partial charge in [-0.05, 0) is 43.4 Å². The zero-order valence-electron chi connectivity index (χ0n) is 14.6. The highest BCUT2D eigenvalue weighted by molar-refractivity contribution is 6.06. The highest BCUT2D eigenvalue weighted by Gasteiger charge is 2.42. The highest BCUT2D eigenvalue weighted by atomic mass is 16.5. The number of morpholine rings is 1. The molecule has 2 saturated heterocycles. The van der Waals surface area contributed by atoms with Crippen LogP contribution < -0.4 is 5.32 Å². The minimum Gasteiger partial charge on any atom is -0.375 e. The Morgan fingerprint density at radius 2 is 2.12 bits per heavy atom. The minimum atomic E-state index is 0.0429. The lowest BCUT2D eigenvalue weighted by Gasteiger charge is -2.35. The van der Waals surface area contributed by atoms with Crippen molar-refractivity contribution in [1.82, 2.24) is 14.8 Å². The van der Waals surface area contributed by atoms with Gasteiger partial charge in [-0.1, -0.05) is 6.07 Å². The summed E-state index contributed by atoms with van der Waals surface area (Å²) in [5, 5.41) is 4.29. The molecule has 3 fully saturated rings. The van der Waals surface area contributed by atoms with Crippen molar-refractivity contribution in [2.24, 2.45) is 13.0 Å². The number of nitrogens with one attached hydrogen (secondary N) is 1. The third-order valence-corrected chi connectivity index (χ3v) is 6.10. The Kier molecular flexibility index (Phi) is 3.61. The van der Waals surface area contributed by atoms with E-state index in [1.54, 1.807) is 0 Å². The van der Waals surface area contributed by atoms with Crippen LogP contribution >= 0.6 is 0 Å². The molecule has 25 heavy (non-hydrogen) atoms. The second kappa shape index (κ2) is 5.85. The molecule has 1 saturated carbocycles. The van der Waals surface area contributed by atoms with Crippen LogP contribution in [0.25, 0.3) is 10.9 Å². The van der Waals surface area contributed by atoms with E-state index in [-0.39, 0.29) is 11.9 Å². The van der Waals surface area contributed by atoms with Crippen LogP contribution in [0.2, 0.25) is 0 Å². The van der Waals surface area contributed by atoms with Crippen molar-refractivity contribution in [3.8, 4) is 0 Å². The molecular weight excluding hydrogens is 314 g/mol. The van der Waals surface area contributed by atoms with E-state index < -0.39 is 0 Å². The third-order valence-electron chi connectivity index (χ3n) is 6.10. The van der Waals surface area contributed by atoms with Gasteiger partial charge in [0.25, 0.3) is 5.91 Å². The Balaban J connectivity index is 1.28. The molecule has 5 nitrogen and oxygen atoms in total. The van der Waals surface area contributed by atoms with Gasteiger partial charge in [0, 0.05) is 54.9 Å². The van der Waals surface area contributed by atoms with Crippen LogP contribution in [0.4, 0.5) is 0 Å². The molecule has 1 amide bonds. The molecule has 3 heterocycles. The van der Waals surface area contributed by atoms with E-state index >= 15 is 0 Å². The zero-order chi connectivity index (χ0) is 17.0. The second-order valence-corrected chi connectivity index (χ2v) is 7.89. The number of rotatable bonds is 3. The van der Waals surface area contributed by atoms with Gasteiger partial charge in [0.05, 0.1) is 12.7 Å². The fourth-order valence-electron chi connectivity index (χ4n) is 4.52. The van der Waals surface area contributed by atoms with Crippen molar-refractivity contribution in [1.29, 1.82) is 0 Å². The molecular formula is C20H25N3O2. The number of amides is 1. The lowest BCUT2D eigenvalue weighted by molar-refractivity contribution is -0.0581. The molecule has 1 aromatic heterocycles. The lowest BCUT2D eigenvalue weighted by atomic mass is 10.1. The first-order valence-electron chi connectivity index (χ1n) is 9.39. The van der Waals surface area contributed by atoms with E-state index in [2.05, 4.69) is 20.9 Å². The minimum absolute atomic E-state index is 0.0429. The topological polar surface area (TPSA) is 46.5 Å². The SMILES string of the molecule is Cn1ccc2c(C(=O)N[C@H]3C[C@H]4CO[C@@H](C5CC5)CN4C3)cccc21. The number of carbonyl (C=O) groups excluding carboxylic acids is 1. The number of carbonyl (C=O) groups is 1. The molecule has 1 aromatic carbocycles. The van der Waals surface area contributed by atoms with Crippen LogP contribution in [-0.4, -0.2) is 53.3 Å². The summed E-state index contributed by atoms with van der Waals surface area (Å²) in [7, 11) is 2.01. The number of nitrogens with zero attached hydrogens (tertiary/aromatic N) is 2. The van der Waals surface area contributed by atoms with Crippen LogP contribution in [0, 0.1) is 5.92 Å². The van der Waals surface area contributed by atoms with Gasteiger partial charge in [0.1, 0.15) is 0 Å². The van der Waals surface area contributed by atoms with E-state index in [0.29, 0.717) is 12.1 Å². The maximum atomic E-state index is 12.8. The van der Waals surface area contributed by atoms with Gasteiger partial charge in [0.2, 0.25) is 0 Å². The number of hydrogen-bond donors (Lipinski definition) is 1. The van der Waals surface area contributed by atoms with Crippen LogP contribution in [-0.2, 0) is 11.8 Å². The molecule has 5 rings (SSSR count). The van der Waals surface area contributed by atoms with E-state index in [0.717, 1.165) is 48.5 Å². The fraction of sp³-hybridized carbons (Fsp3) is 0.550. The molecule has 0 spiro atoms. The van der Waals surface area contributed by atoms with Gasteiger partial charge in [-0.2, -0.15) is 0 Å². The average molecular weight is 339 g/mol. The zero-order valence-corrected chi connectivity index (χ0v) is 14.6. The first kappa shape index (κ1) is 15.4. The van der Waals surface area contributed by atoms with Gasteiger partial charge in [-0.3, -0.25) is 9.69 Å². The molecule has 0 unspecified atom stereocenters. The summed E-state index contributed by atoms with van der Waals surface area (Å²) in [4.78, 5) is 15.4. The Morgan fingerprint density at radius 1 is 1.24 bits per heavy atom. The summed E-state index contributed by atoms with van der Waals surface area (Å²) in [6, 6.07) is 8.65. The van der Waals surface area contributed by atoms with Gasteiger partial charge in [-0.25, -0.2) is 0 Å². The van der Waals surface area contributed by atoms with Crippen molar-refractivity contribution >= 4 is 16.8 Å². The molecule has 2 aliphatic heterocycles. The van der Waals surface area contributed by atoms with E-state index in [1.807, 2.05) is 31.4 Å². The van der Waals surface area contributed by atoms with Crippen LogP contribution in [0.5, 0.6) is 0 Å². The van der Waals surface area contributed by atoms with Crippen molar-refractivity contribution in [2.45, 2.75) is 37.5 Å². The fourth-order valence-corrected chi connectivity index (χ4v) is 4.52. The summed E-state index contributed by atoms with van der Waals surface area (Å²) in [6.07, 6.45) is 6.07. The molecule has 2 aromatic rings. The standard InChI is InChI=1S/C20H25N3O2/c1-22-8-7-16-17(3-2-4-18(16)22)20(24)21-14-9-15-12-25-19(13-5-6-13)11-23(15)10-14/h2-4,7-8,13-15,19H,5-6,9-12H2,1H3,(H,21,24)/t14-,15-,19+/m0/s1. The summed E-state index contributed by atoms with van der Waals surface area (Å²) in [5.41, 5.74) is 1.87. The number of aromatic nitrogens is 1. The van der Waals surface area contributed by atoms with Crippen molar-refractivity contribution < 1.29 is 9.53 Å². The van der Waals surface area contributed by atoms with Gasteiger partial charge in [0.15, 0.2) is 0 Å². The smallest absolute Gasteiger partial charge is 0.252 e. The molecule has 1 N–H and O–H groups in total. The lowest BCUT2D eigenvalue weighted by Crippen LogP contribution is -2.47. The van der Waals surface area contributed by atoms with Gasteiger partial charge < -0.3 is 14.6 Å². The van der Waals surface area contributed by atoms with Crippen LogP contribution in [0.3, 0.4) is 0 Å². The number of fused-ring (bicyclic) bond motifs is 2. The Bertz CT molecular complexity index is 810. The number of hydrogen-bond acceptors (Lipinski definition) is 3. The summed E-state index contributed by atoms with van der Waals surface area (Å²) in [5.74, 6) is 0.826. The number of benzene rings is 1. The molecule has 3 aliphatic rings. The largest absolute Gasteiger partial charge is 0.375 e. The van der Waals surface area contributed by atoms with Crippen molar-refractivity contribution in [2.75, 3.05) is 19.7 Å². The molecule has 0 bridgehead atoms. The van der Waals surface area contributed by atoms with Crippen LogP contribution in [0.1, 0.15) is 29.6 Å².